The van der Waals surface area contributed by atoms with Crippen molar-refractivity contribution in [3.8, 4) is 0 Å². The highest BCUT2D eigenvalue weighted by atomic mass is 32.1. The summed E-state index contributed by atoms with van der Waals surface area (Å²) in [6, 6.07) is 4.68. The monoisotopic (exact) mass is 336 g/mol. The SMILES string of the molecule is CN(CCCC1CCCO1)Cc1ccc(CN2CCCCC2)s1. The van der Waals surface area contributed by atoms with Crippen LogP contribution in [0.4, 0.5) is 0 Å². The fourth-order valence-electron chi connectivity index (χ4n) is 3.74. The molecule has 0 bridgehead atoms. The molecule has 130 valence electrons. The zero-order valence-electron chi connectivity index (χ0n) is 14.6. The molecule has 2 aliphatic rings. The molecule has 1 aromatic rings. The smallest absolute Gasteiger partial charge is 0.0576 e. The molecule has 4 heteroatoms. The number of likely N-dealkylation sites (tertiary alicyclic amines) is 1. The minimum atomic E-state index is 0.543. The van der Waals surface area contributed by atoms with Crippen LogP contribution in [0, 0.1) is 0 Å². The van der Waals surface area contributed by atoms with Crippen LogP contribution in [0.15, 0.2) is 12.1 Å². The Morgan fingerprint density at radius 2 is 2.00 bits per heavy atom. The van der Waals surface area contributed by atoms with Crippen molar-refractivity contribution in [2.45, 2.75) is 64.1 Å². The van der Waals surface area contributed by atoms with Gasteiger partial charge in [0.2, 0.25) is 0 Å². The second kappa shape index (κ2) is 9.16. The topological polar surface area (TPSA) is 15.7 Å². The molecule has 0 saturated carbocycles. The fraction of sp³-hybridized carbons (Fsp3) is 0.789. The van der Waals surface area contributed by atoms with Crippen LogP contribution in [-0.2, 0) is 17.8 Å². The molecule has 3 rings (SSSR count). The summed E-state index contributed by atoms with van der Waals surface area (Å²) >= 11 is 2.01. The van der Waals surface area contributed by atoms with Crippen LogP contribution >= 0.6 is 11.3 Å². The van der Waals surface area contributed by atoms with Crippen molar-refractivity contribution in [1.82, 2.24) is 9.80 Å². The predicted octanol–water partition coefficient (Wildman–Crippen LogP) is 4.13. The minimum Gasteiger partial charge on any atom is -0.378 e. The molecule has 0 spiro atoms. The molecule has 1 atom stereocenters. The first kappa shape index (κ1) is 17.4. The third kappa shape index (κ3) is 5.86. The Morgan fingerprint density at radius 3 is 2.78 bits per heavy atom. The molecule has 1 aromatic heterocycles. The molecule has 2 saturated heterocycles. The number of thiophene rings is 1. The van der Waals surface area contributed by atoms with Crippen molar-refractivity contribution < 1.29 is 4.74 Å². The van der Waals surface area contributed by atoms with E-state index in [1.165, 1.54) is 74.3 Å². The highest BCUT2D eigenvalue weighted by Crippen LogP contribution is 2.22. The van der Waals surface area contributed by atoms with E-state index >= 15 is 0 Å². The molecule has 23 heavy (non-hydrogen) atoms. The van der Waals surface area contributed by atoms with Gasteiger partial charge in [-0.1, -0.05) is 6.42 Å². The van der Waals surface area contributed by atoms with E-state index in [0.717, 1.165) is 19.7 Å². The van der Waals surface area contributed by atoms with Crippen molar-refractivity contribution in [3.63, 3.8) is 0 Å². The van der Waals surface area contributed by atoms with Crippen LogP contribution in [0.5, 0.6) is 0 Å². The normalized spacial score (nSPS) is 23.0. The van der Waals surface area contributed by atoms with E-state index < -0.39 is 0 Å². The zero-order valence-corrected chi connectivity index (χ0v) is 15.5. The van der Waals surface area contributed by atoms with Gasteiger partial charge in [0.05, 0.1) is 6.10 Å². The Morgan fingerprint density at radius 1 is 1.17 bits per heavy atom. The lowest BCUT2D eigenvalue weighted by molar-refractivity contribution is 0.0995. The lowest BCUT2D eigenvalue weighted by Crippen LogP contribution is -2.28. The molecule has 1 unspecified atom stereocenters. The summed E-state index contributed by atoms with van der Waals surface area (Å²) in [5.41, 5.74) is 0. The third-order valence-corrected chi connectivity index (χ3v) is 6.12. The van der Waals surface area contributed by atoms with Gasteiger partial charge in [-0.25, -0.2) is 0 Å². The standard InChI is InChI=1S/C19H32N2OS/c1-20(11-5-7-17-8-6-14-22-17)15-18-9-10-19(23-18)16-21-12-3-2-4-13-21/h9-10,17H,2-8,11-16H2,1H3. The molecule has 2 fully saturated rings. The summed E-state index contributed by atoms with van der Waals surface area (Å²) < 4.78 is 5.71. The first-order valence-corrected chi connectivity index (χ1v) is 10.2. The zero-order chi connectivity index (χ0) is 15.9. The number of nitrogens with zero attached hydrogens (tertiary/aromatic N) is 2. The molecule has 0 N–H and O–H groups in total. The highest BCUT2D eigenvalue weighted by Gasteiger charge is 2.15. The number of hydrogen-bond donors (Lipinski definition) is 0. The van der Waals surface area contributed by atoms with Gasteiger partial charge in [-0.05, 0) is 77.3 Å². The van der Waals surface area contributed by atoms with E-state index in [-0.39, 0.29) is 0 Å². The summed E-state index contributed by atoms with van der Waals surface area (Å²) in [5.74, 6) is 0. The molecule has 3 heterocycles. The van der Waals surface area contributed by atoms with Crippen LogP contribution in [0.3, 0.4) is 0 Å². The second-order valence-electron chi connectivity index (χ2n) is 7.22. The largest absolute Gasteiger partial charge is 0.378 e. The Labute approximate surface area is 145 Å². The van der Waals surface area contributed by atoms with Crippen molar-refractivity contribution in [3.05, 3.63) is 21.9 Å². The summed E-state index contributed by atoms with van der Waals surface area (Å²) in [5, 5.41) is 0. The fourth-order valence-corrected chi connectivity index (χ4v) is 4.88. The number of ether oxygens (including phenoxy) is 1. The summed E-state index contributed by atoms with van der Waals surface area (Å²) in [7, 11) is 2.25. The lowest BCUT2D eigenvalue weighted by Gasteiger charge is -2.25. The van der Waals surface area contributed by atoms with Gasteiger partial charge in [0.25, 0.3) is 0 Å². The minimum absolute atomic E-state index is 0.543. The summed E-state index contributed by atoms with van der Waals surface area (Å²) in [6.07, 6.45) is 9.74. The highest BCUT2D eigenvalue weighted by molar-refractivity contribution is 7.11. The first-order chi connectivity index (χ1) is 11.3. The van der Waals surface area contributed by atoms with Crippen LogP contribution in [0.25, 0.3) is 0 Å². The molecule has 0 aliphatic carbocycles. The van der Waals surface area contributed by atoms with Crippen LogP contribution in [-0.4, -0.2) is 49.2 Å². The van der Waals surface area contributed by atoms with Gasteiger partial charge < -0.3 is 9.64 Å². The Kier molecular flexibility index (Phi) is 6.94. The van der Waals surface area contributed by atoms with Gasteiger partial charge >= 0.3 is 0 Å². The van der Waals surface area contributed by atoms with Crippen LogP contribution in [0.2, 0.25) is 0 Å². The van der Waals surface area contributed by atoms with Crippen molar-refractivity contribution >= 4 is 11.3 Å². The average molecular weight is 337 g/mol. The maximum atomic E-state index is 5.71. The summed E-state index contributed by atoms with van der Waals surface area (Å²) in [4.78, 5) is 8.13. The van der Waals surface area contributed by atoms with Gasteiger partial charge in [-0.3, -0.25) is 4.90 Å². The van der Waals surface area contributed by atoms with E-state index in [4.69, 9.17) is 4.74 Å². The quantitative estimate of drug-likeness (QED) is 0.710. The molecule has 0 amide bonds. The second-order valence-corrected chi connectivity index (χ2v) is 8.47. The molecule has 2 aliphatic heterocycles. The number of rotatable bonds is 8. The molecular weight excluding hydrogens is 304 g/mol. The van der Waals surface area contributed by atoms with Crippen LogP contribution in [0.1, 0.15) is 54.7 Å². The number of piperidine rings is 1. The van der Waals surface area contributed by atoms with Gasteiger partial charge in [0.1, 0.15) is 0 Å². The molecule has 0 radical (unpaired) electrons. The van der Waals surface area contributed by atoms with E-state index in [2.05, 4.69) is 29.0 Å². The van der Waals surface area contributed by atoms with E-state index in [0.29, 0.717) is 6.10 Å². The van der Waals surface area contributed by atoms with Gasteiger partial charge in [0.15, 0.2) is 0 Å². The Hall–Kier alpha value is -0.420. The number of hydrogen-bond acceptors (Lipinski definition) is 4. The third-order valence-electron chi connectivity index (χ3n) is 5.06. The van der Waals surface area contributed by atoms with E-state index in [9.17, 15) is 0 Å². The van der Waals surface area contributed by atoms with E-state index in [1.807, 2.05) is 11.3 Å². The summed E-state index contributed by atoms with van der Waals surface area (Å²) in [6.45, 7) is 6.99. The van der Waals surface area contributed by atoms with Gasteiger partial charge in [-0.2, -0.15) is 0 Å². The van der Waals surface area contributed by atoms with E-state index in [1.54, 1.807) is 0 Å². The lowest BCUT2D eigenvalue weighted by atomic mass is 10.1. The van der Waals surface area contributed by atoms with Gasteiger partial charge in [-0.15, -0.1) is 11.3 Å². The molecule has 3 nitrogen and oxygen atoms in total. The Balaban J connectivity index is 1.35. The van der Waals surface area contributed by atoms with Crippen molar-refractivity contribution in [1.29, 1.82) is 0 Å². The predicted molar refractivity (Wildman–Crippen MR) is 98.0 cm³/mol. The van der Waals surface area contributed by atoms with Crippen LogP contribution < -0.4 is 0 Å². The molecule has 0 aromatic carbocycles. The average Bonchev–Trinajstić information content (AvgIpc) is 3.21. The first-order valence-electron chi connectivity index (χ1n) is 9.40. The Bertz CT molecular complexity index is 450. The van der Waals surface area contributed by atoms with Crippen molar-refractivity contribution in [2.24, 2.45) is 0 Å². The van der Waals surface area contributed by atoms with Crippen molar-refractivity contribution in [2.75, 3.05) is 33.3 Å². The maximum Gasteiger partial charge on any atom is 0.0576 e. The van der Waals surface area contributed by atoms with Gasteiger partial charge in [0, 0.05) is 29.5 Å². The molecular formula is C19H32N2OS. The maximum absolute atomic E-state index is 5.71.